The Labute approximate surface area is 126 Å². The summed E-state index contributed by atoms with van der Waals surface area (Å²) in [5, 5.41) is 0. The minimum atomic E-state index is 0.591. The van der Waals surface area contributed by atoms with Crippen LogP contribution in [0, 0.1) is 8.34 Å². The van der Waals surface area contributed by atoms with Crippen molar-refractivity contribution >= 4 is 45.8 Å². The fourth-order valence-corrected chi connectivity index (χ4v) is 3.83. The van der Waals surface area contributed by atoms with E-state index in [0.717, 1.165) is 4.77 Å². The highest BCUT2D eigenvalue weighted by atomic mass is 127. The molecule has 1 aliphatic rings. The predicted octanol–water partition coefficient (Wildman–Crippen LogP) is 5.20. The minimum Gasteiger partial charge on any atom is -0.331 e. The van der Waals surface area contributed by atoms with E-state index in [1.807, 2.05) is 0 Å². The van der Waals surface area contributed by atoms with Gasteiger partial charge in [0.2, 0.25) is 0 Å². The Morgan fingerprint density at radius 2 is 1.89 bits per heavy atom. The van der Waals surface area contributed by atoms with Crippen molar-refractivity contribution in [1.82, 2.24) is 9.55 Å². The number of benzene rings is 1. The van der Waals surface area contributed by atoms with Gasteiger partial charge in [-0.15, -0.1) is 0 Å². The first-order chi connectivity index (χ1) is 8.75. The van der Waals surface area contributed by atoms with E-state index >= 15 is 0 Å². The molecule has 96 valence electrons. The Morgan fingerprint density at radius 1 is 1.17 bits per heavy atom. The number of hydrogen-bond donors (Lipinski definition) is 1. The number of fused-ring (bicyclic) bond motifs is 1. The van der Waals surface area contributed by atoms with Crippen LogP contribution in [0.3, 0.4) is 0 Å². The Morgan fingerprint density at radius 3 is 2.61 bits per heavy atom. The highest BCUT2D eigenvalue weighted by molar-refractivity contribution is 14.1. The zero-order valence-corrected chi connectivity index (χ0v) is 13.3. The van der Waals surface area contributed by atoms with Crippen molar-refractivity contribution in [3.63, 3.8) is 0 Å². The van der Waals surface area contributed by atoms with Crippen molar-refractivity contribution in [2.75, 3.05) is 0 Å². The van der Waals surface area contributed by atoms with E-state index in [-0.39, 0.29) is 0 Å². The summed E-state index contributed by atoms with van der Waals surface area (Å²) >= 11 is 7.87. The fraction of sp³-hybridized carbons (Fsp3) is 0.500. The number of H-pyrrole nitrogens is 1. The van der Waals surface area contributed by atoms with Gasteiger partial charge in [0.1, 0.15) is 0 Å². The van der Waals surface area contributed by atoms with Crippen molar-refractivity contribution in [3.05, 3.63) is 26.5 Å². The number of rotatable bonds is 1. The molecular formula is C14H17IN2S. The molecule has 0 saturated heterocycles. The summed E-state index contributed by atoms with van der Waals surface area (Å²) in [6.07, 6.45) is 7.97. The first-order valence-corrected chi connectivity index (χ1v) is 8.14. The molecule has 1 N–H and O–H groups in total. The van der Waals surface area contributed by atoms with Gasteiger partial charge >= 0.3 is 0 Å². The zero-order valence-electron chi connectivity index (χ0n) is 10.3. The third-order valence-electron chi connectivity index (χ3n) is 3.87. The van der Waals surface area contributed by atoms with Gasteiger partial charge in [-0.25, -0.2) is 0 Å². The summed E-state index contributed by atoms with van der Waals surface area (Å²) < 4.78 is 4.50. The second kappa shape index (κ2) is 5.33. The maximum Gasteiger partial charge on any atom is 0.178 e. The minimum absolute atomic E-state index is 0.591. The molecule has 1 aromatic carbocycles. The molecule has 4 heteroatoms. The van der Waals surface area contributed by atoms with Gasteiger partial charge in [0, 0.05) is 9.61 Å². The molecule has 1 aliphatic carbocycles. The van der Waals surface area contributed by atoms with Crippen LogP contribution in [0.1, 0.15) is 44.6 Å². The van der Waals surface area contributed by atoms with E-state index in [4.69, 9.17) is 12.2 Å². The second-order valence-corrected chi connectivity index (χ2v) is 6.74. The van der Waals surface area contributed by atoms with Crippen LogP contribution in [-0.4, -0.2) is 9.55 Å². The Balaban J connectivity index is 2.09. The van der Waals surface area contributed by atoms with Gasteiger partial charge in [-0.1, -0.05) is 25.7 Å². The summed E-state index contributed by atoms with van der Waals surface area (Å²) in [5.74, 6) is 0. The van der Waals surface area contributed by atoms with E-state index < -0.39 is 0 Å². The normalized spacial score (nSPS) is 18.1. The number of aromatic nitrogens is 2. The summed E-state index contributed by atoms with van der Waals surface area (Å²) in [6, 6.07) is 7.14. The lowest BCUT2D eigenvalue weighted by Gasteiger charge is -2.17. The van der Waals surface area contributed by atoms with E-state index in [2.05, 4.69) is 50.3 Å². The molecule has 0 bridgehead atoms. The zero-order chi connectivity index (χ0) is 12.5. The molecule has 2 nitrogen and oxygen atoms in total. The number of aromatic amines is 1. The van der Waals surface area contributed by atoms with Crippen molar-refractivity contribution in [2.24, 2.45) is 0 Å². The quantitative estimate of drug-likeness (QED) is 0.415. The molecule has 0 unspecified atom stereocenters. The molecule has 0 aliphatic heterocycles. The summed E-state index contributed by atoms with van der Waals surface area (Å²) in [4.78, 5) is 3.36. The van der Waals surface area contributed by atoms with Crippen LogP contribution in [-0.2, 0) is 0 Å². The molecule has 18 heavy (non-hydrogen) atoms. The van der Waals surface area contributed by atoms with Gasteiger partial charge < -0.3 is 9.55 Å². The monoisotopic (exact) mass is 372 g/mol. The van der Waals surface area contributed by atoms with Crippen molar-refractivity contribution in [3.8, 4) is 0 Å². The van der Waals surface area contributed by atoms with Crippen LogP contribution in [0.5, 0.6) is 0 Å². The van der Waals surface area contributed by atoms with Gasteiger partial charge in [0.25, 0.3) is 0 Å². The van der Waals surface area contributed by atoms with Crippen LogP contribution >= 0.6 is 34.8 Å². The molecule has 0 spiro atoms. The van der Waals surface area contributed by atoms with Gasteiger partial charge in [-0.2, -0.15) is 0 Å². The van der Waals surface area contributed by atoms with E-state index in [0.29, 0.717) is 6.04 Å². The van der Waals surface area contributed by atoms with Crippen molar-refractivity contribution in [1.29, 1.82) is 0 Å². The number of halogens is 1. The smallest absolute Gasteiger partial charge is 0.178 e. The second-order valence-electron chi connectivity index (χ2n) is 5.11. The third-order valence-corrected chi connectivity index (χ3v) is 4.84. The Kier molecular flexibility index (Phi) is 3.75. The SMILES string of the molecule is S=c1[nH]c2cc(I)ccc2n1C1CCCCCC1. The largest absolute Gasteiger partial charge is 0.331 e. The van der Waals surface area contributed by atoms with E-state index in [1.54, 1.807) is 0 Å². The molecule has 1 aromatic heterocycles. The van der Waals surface area contributed by atoms with Gasteiger partial charge in [0.15, 0.2) is 4.77 Å². The van der Waals surface area contributed by atoms with E-state index in [1.165, 1.54) is 53.1 Å². The van der Waals surface area contributed by atoms with Gasteiger partial charge in [-0.05, 0) is 65.8 Å². The summed E-state index contributed by atoms with van der Waals surface area (Å²) in [6.45, 7) is 0. The first kappa shape index (κ1) is 12.7. The maximum absolute atomic E-state index is 5.53. The van der Waals surface area contributed by atoms with Crippen molar-refractivity contribution < 1.29 is 0 Å². The van der Waals surface area contributed by atoms with Crippen LogP contribution in [0.15, 0.2) is 18.2 Å². The topological polar surface area (TPSA) is 20.7 Å². The van der Waals surface area contributed by atoms with Gasteiger partial charge in [-0.3, -0.25) is 0 Å². The standard InChI is InChI=1S/C14H17IN2S/c15-10-7-8-13-12(9-10)16-14(18)17(13)11-5-3-1-2-4-6-11/h7-9,11H,1-6H2,(H,16,18). The molecule has 0 amide bonds. The molecule has 3 rings (SSSR count). The summed E-state index contributed by atoms with van der Waals surface area (Å²) in [7, 11) is 0. The highest BCUT2D eigenvalue weighted by Gasteiger charge is 2.17. The predicted molar refractivity (Wildman–Crippen MR) is 86.6 cm³/mol. The Hall–Kier alpha value is -0.360. The maximum atomic E-state index is 5.53. The molecule has 1 saturated carbocycles. The Bertz CT molecular complexity index is 606. The lowest BCUT2D eigenvalue weighted by atomic mass is 10.1. The lowest BCUT2D eigenvalue weighted by Crippen LogP contribution is -2.08. The van der Waals surface area contributed by atoms with Crippen LogP contribution in [0.2, 0.25) is 0 Å². The number of hydrogen-bond acceptors (Lipinski definition) is 1. The molecule has 2 aromatic rings. The van der Waals surface area contributed by atoms with Crippen molar-refractivity contribution in [2.45, 2.75) is 44.6 Å². The molecule has 0 radical (unpaired) electrons. The molecule has 1 heterocycles. The average Bonchev–Trinajstić information content (AvgIpc) is 2.54. The third kappa shape index (κ3) is 2.37. The number of nitrogens with zero attached hydrogens (tertiary/aromatic N) is 1. The van der Waals surface area contributed by atoms with Crippen LogP contribution in [0.4, 0.5) is 0 Å². The fourth-order valence-electron chi connectivity index (χ4n) is 2.98. The lowest BCUT2D eigenvalue weighted by molar-refractivity contribution is 0.450. The molecular weight excluding hydrogens is 355 g/mol. The van der Waals surface area contributed by atoms with Crippen LogP contribution in [0.25, 0.3) is 11.0 Å². The molecule has 0 atom stereocenters. The summed E-state index contributed by atoms with van der Waals surface area (Å²) in [5.41, 5.74) is 2.45. The van der Waals surface area contributed by atoms with Gasteiger partial charge in [0.05, 0.1) is 11.0 Å². The number of nitrogens with one attached hydrogen (secondary N) is 1. The van der Waals surface area contributed by atoms with E-state index in [9.17, 15) is 0 Å². The average molecular weight is 372 g/mol. The first-order valence-electron chi connectivity index (χ1n) is 6.65. The number of imidazole rings is 1. The van der Waals surface area contributed by atoms with Crippen LogP contribution < -0.4 is 0 Å². The molecule has 1 fully saturated rings. The highest BCUT2D eigenvalue weighted by Crippen LogP contribution is 2.30.